The van der Waals surface area contributed by atoms with Crippen LogP contribution < -0.4 is 0 Å². The Kier molecular flexibility index (Phi) is 4.66. The first kappa shape index (κ1) is 14.2. The smallest absolute Gasteiger partial charge is 0.256 e. The van der Waals surface area contributed by atoms with Gasteiger partial charge in [-0.15, -0.1) is 0 Å². The molecule has 1 fully saturated rings. The largest absolute Gasteiger partial charge is 0.280 e. The maximum atomic E-state index is 12.2. The lowest BCUT2D eigenvalue weighted by Gasteiger charge is -2.15. The highest BCUT2D eigenvalue weighted by molar-refractivity contribution is 6.07. The van der Waals surface area contributed by atoms with Gasteiger partial charge in [0.05, 0.1) is 12.0 Å². The van der Waals surface area contributed by atoms with Gasteiger partial charge in [0.25, 0.3) is 5.91 Å². The molecular weight excluding hydrogens is 242 g/mol. The lowest BCUT2D eigenvalue weighted by Crippen LogP contribution is -2.33. The second-order valence-electron chi connectivity index (χ2n) is 5.54. The third-order valence-corrected chi connectivity index (χ3v) is 4.04. The molecule has 2 aliphatic heterocycles. The van der Waals surface area contributed by atoms with Crippen LogP contribution in [0.1, 0.15) is 52.4 Å². The molecule has 3 atom stereocenters. The molecular formula is C14H23N3O2. The van der Waals surface area contributed by atoms with E-state index in [-0.39, 0.29) is 23.8 Å². The zero-order valence-corrected chi connectivity index (χ0v) is 11.8. The van der Waals surface area contributed by atoms with Crippen LogP contribution >= 0.6 is 0 Å². The summed E-state index contributed by atoms with van der Waals surface area (Å²) in [7, 11) is 0. The molecule has 2 amide bonds. The number of likely N-dealkylation sites (tertiary alicyclic amines) is 1. The Morgan fingerprint density at radius 1 is 1.00 bits per heavy atom. The number of azo groups is 1. The van der Waals surface area contributed by atoms with Gasteiger partial charge in [0, 0.05) is 6.54 Å². The van der Waals surface area contributed by atoms with Crippen molar-refractivity contribution in [2.45, 2.75) is 64.5 Å². The number of carbonyl (C=O) groups is 2. The number of hydrogen-bond donors (Lipinski definition) is 0. The van der Waals surface area contributed by atoms with E-state index < -0.39 is 6.04 Å². The fourth-order valence-electron chi connectivity index (χ4n) is 2.85. The number of rotatable bonds is 7. The van der Waals surface area contributed by atoms with Gasteiger partial charge in [0.2, 0.25) is 5.91 Å². The van der Waals surface area contributed by atoms with Gasteiger partial charge in [0.15, 0.2) is 6.04 Å². The monoisotopic (exact) mass is 265 g/mol. The number of hydrogen-bond acceptors (Lipinski definition) is 4. The molecule has 19 heavy (non-hydrogen) atoms. The van der Waals surface area contributed by atoms with Crippen LogP contribution in [-0.2, 0) is 9.59 Å². The van der Waals surface area contributed by atoms with Gasteiger partial charge in [-0.1, -0.05) is 39.0 Å². The summed E-state index contributed by atoms with van der Waals surface area (Å²) >= 11 is 0. The van der Waals surface area contributed by atoms with Gasteiger partial charge in [-0.05, 0) is 13.3 Å². The minimum Gasteiger partial charge on any atom is -0.280 e. The summed E-state index contributed by atoms with van der Waals surface area (Å²) in [6.45, 7) is 4.60. The summed E-state index contributed by atoms with van der Waals surface area (Å²) in [6, 6.07) is -0.668. The molecule has 5 heteroatoms. The van der Waals surface area contributed by atoms with E-state index in [4.69, 9.17) is 0 Å². The predicted octanol–water partition coefficient (Wildman–Crippen LogP) is 2.55. The van der Waals surface area contributed by atoms with Crippen LogP contribution in [0.25, 0.3) is 0 Å². The molecule has 0 N–H and O–H groups in total. The van der Waals surface area contributed by atoms with Crippen molar-refractivity contribution in [1.82, 2.24) is 4.90 Å². The number of amides is 2. The molecule has 1 saturated heterocycles. The maximum Gasteiger partial charge on any atom is 0.256 e. The molecule has 0 aromatic heterocycles. The minimum atomic E-state index is -0.525. The van der Waals surface area contributed by atoms with E-state index in [1.54, 1.807) is 0 Å². The molecule has 0 aromatic rings. The molecule has 2 heterocycles. The Labute approximate surface area is 114 Å². The summed E-state index contributed by atoms with van der Waals surface area (Å²) in [4.78, 5) is 25.6. The van der Waals surface area contributed by atoms with Gasteiger partial charge in [-0.25, -0.2) is 0 Å². The highest BCUT2D eigenvalue weighted by Crippen LogP contribution is 2.32. The molecule has 5 nitrogen and oxygen atoms in total. The van der Waals surface area contributed by atoms with Gasteiger partial charge < -0.3 is 0 Å². The molecule has 2 rings (SSSR count). The molecule has 106 valence electrons. The number of imide groups is 1. The quantitative estimate of drug-likeness (QED) is 0.524. The van der Waals surface area contributed by atoms with Crippen LogP contribution in [-0.4, -0.2) is 35.3 Å². The van der Waals surface area contributed by atoms with Crippen molar-refractivity contribution in [3.63, 3.8) is 0 Å². The van der Waals surface area contributed by atoms with Crippen molar-refractivity contribution in [3.05, 3.63) is 0 Å². The zero-order valence-electron chi connectivity index (χ0n) is 11.8. The number of carbonyl (C=O) groups excluding carboxylic acids is 2. The average molecular weight is 265 g/mol. The van der Waals surface area contributed by atoms with Crippen LogP contribution in [0.2, 0.25) is 0 Å². The highest BCUT2D eigenvalue weighted by atomic mass is 16.2. The van der Waals surface area contributed by atoms with Crippen LogP contribution in [0.5, 0.6) is 0 Å². The number of nitrogens with zero attached hydrogens (tertiary/aromatic N) is 3. The highest BCUT2D eigenvalue weighted by Gasteiger charge is 2.52. The van der Waals surface area contributed by atoms with E-state index in [2.05, 4.69) is 17.2 Å². The lowest BCUT2D eigenvalue weighted by atomic mass is 9.98. The first-order chi connectivity index (χ1) is 9.16. The van der Waals surface area contributed by atoms with E-state index in [0.29, 0.717) is 6.54 Å². The van der Waals surface area contributed by atoms with Crippen molar-refractivity contribution in [1.29, 1.82) is 0 Å². The maximum absolute atomic E-state index is 12.2. The van der Waals surface area contributed by atoms with Crippen molar-refractivity contribution in [2.75, 3.05) is 6.54 Å². The van der Waals surface area contributed by atoms with E-state index in [1.807, 2.05) is 6.92 Å². The zero-order chi connectivity index (χ0) is 13.8. The fraction of sp³-hybridized carbons (Fsp3) is 0.857. The van der Waals surface area contributed by atoms with E-state index in [0.717, 1.165) is 12.8 Å². The Bertz CT molecular complexity index is 381. The standard InChI is InChI=1S/C14H23N3O2/c1-3-4-5-6-7-8-9-17-13(18)11-10(2)15-16-12(11)14(17)19/h10-12H,3-9H2,1-2H3. The van der Waals surface area contributed by atoms with Crippen molar-refractivity contribution >= 4 is 11.8 Å². The molecule has 0 spiro atoms. The van der Waals surface area contributed by atoms with Crippen LogP contribution in [0.3, 0.4) is 0 Å². The Hall–Kier alpha value is -1.26. The molecule has 2 aliphatic rings. The van der Waals surface area contributed by atoms with Crippen LogP contribution in [0.4, 0.5) is 0 Å². The van der Waals surface area contributed by atoms with E-state index >= 15 is 0 Å². The molecule has 0 radical (unpaired) electrons. The molecule has 0 bridgehead atoms. The summed E-state index contributed by atoms with van der Waals surface area (Å²) in [5.41, 5.74) is 0. The van der Waals surface area contributed by atoms with E-state index in [1.165, 1.54) is 30.6 Å². The van der Waals surface area contributed by atoms with Gasteiger partial charge in [-0.3, -0.25) is 14.5 Å². The summed E-state index contributed by atoms with van der Waals surface area (Å²) in [5, 5.41) is 7.88. The van der Waals surface area contributed by atoms with Crippen molar-refractivity contribution in [2.24, 2.45) is 16.1 Å². The van der Waals surface area contributed by atoms with Crippen molar-refractivity contribution in [3.8, 4) is 0 Å². The Morgan fingerprint density at radius 2 is 1.68 bits per heavy atom. The minimum absolute atomic E-state index is 0.0685. The number of unbranched alkanes of at least 4 members (excludes halogenated alkanes) is 5. The summed E-state index contributed by atoms with van der Waals surface area (Å²) < 4.78 is 0. The van der Waals surface area contributed by atoms with Crippen LogP contribution in [0.15, 0.2) is 10.2 Å². The summed E-state index contributed by atoms with van der Waals surface area (Å²) in [6.07, 6.45) is 6.93. The van der Waals surface area contributed by atoms with E-state index in [9.17, 15) is 9.59 Å². The Balaban J connectivity index is 1.77. The van der Waals surface area contributed by atoms with Gasteiger partial charge in [0.1, 0.15) is 0 Å². The molecule has 0 saturated carbocycles. The SMILES string of the molecule is CCCCCCCCN1C(=O)C2N=NC(C)C2C1=O. The fourth-order valence-corrected chi connectivity index (χ4v) is 2.85. The first-order valence-electron chi connectivity index (χ1n) is 7.42. The average Bonchev–Trinajstić information content (AvgIpc) is 2.88. The molecule has 0 aliphatic carbocycles. The molecule has 0 aromatic carbocycles. The van der Waals surface area contributed by atoms with Crippen LogP contribution in [0, 0.1) is 5.92 Å². The lowest BCUT2D eigenvalue weighted by molar-refractivity contribution is -0.139. The summed E-state index contributed by atoms with van der Waals surface area (Å²) in [5.74, 6) is -0.537. The number of fused-ring (bicyclic) bond motifs is 1. The first-order valence-corrected chi connectivity index (χ1v) is 7.42. The van der Waals surface area contributed by atoms with Crippen molar-refractivity contribution < 1.29 is 9.59 Å². The predicted molar refractivity (Wildman–Crippen MR) is 71.7 cm³/mol. The van der Waals surface area contributed by atoms with Gasteiger partial charge in [-0.2, -0.15) is 10.2 Å². The third kappa shape index (κ3) is 2.85. The second kappa shape index (κ2) is 6.26. The Morgan fingerprint density at radius 3 is 2.37 bits per heavy atom. The normalized spacial score (nSPS) is 29.4. The third-order valence-electron chi connectivity index (χ3n) is 4.04. The van der Waals surface area contributed by atoms with Gasteiger partial charge >= 0.3 is 0 Å². The molecule has 3 unspecified atom stereocenters. The second-order valence-corrected chi connectivity index (χ2v) is 5.54. The topological polar surface area (TPSA) is 62.1 Å².